The maximum absolute atomic E-state index is 13.6. The van der Waals surface area contributed by atoms with Crippen molar-refractivity contribution >= 4 is 17.3 Å². The van der Waals surface area contributed by atoms with Crippen molar-refractivity contribution in [3.63, 3.8) is 0 Å². The van der Waals surface area contributed by atoms with Crippen LogP contribution in [-0.4, -0.2) is 23.4 Å². The number of nitrogens with one attached hydrogen (secondary N) is 1. The first-order chi connectivity index (χ1) is 10.2. The lowest BCUT2D eigenvalue weighted by molar-refractivity contribution is 0.0778. The van der Waals surface area contributed by atoms with Crippen molar-refractivity contribution in [3.8, 4) is 0 Å². The van der Waals surface area contributed by atoms with Crippen molar-refractivity contribution in [2.75, 3.05) is 18.5 Å². The average Bonchev–Trinajstić information content (AvgIpc) is 2.97. The minimum absolute atomic E-state index is 0.247. The van der Waals surface area contributed by atoms with E-state index in [1.807, 2.05) is 0 Å². The zero-order valence-electron chi connectivity index (χ0n) is 11.3. The monoisotopic (exact) mass is 311 g/mol. The molecular weight excluding hydrogens is 297 g/mol. The predicted molar refractivity (Wildman–Crippen MR) is 75.8 cm³/mol. The van der Waals surface area contributed by atoms with Gasteiger partial charge in [0.25, 0.3) is 0 Å². The third-order valence-electron chi connectivity index (χ3n) is 3.44. The molecule has 1 aromatic carbocycles. The van der Waals surface area contributed by atoms with Gasteiger partial charge in [0.2, 0.25) is 5.89 Å². The summed E-state index contributed by atoms with van der Waals surface area (Å²) in [7, 11) is 0. The van der Waals surface area contributed by atoms with Crippen molar-refractivity contribution in [2.45, 2.75) is 25.3 Å². The predicted octanol–water partition coefficient (Wildman–Crippen LogP) is 3.37. The Morgan fingerprint density at radius 3 is 2.90 bits per heavy atom. The van der Waals surface area contributed by atoms with Gasteiger partial charge < -0.3 is 14.6 Å². The van der Waals surface area contributed by atoms with E-state index >= 15 is 0 Å². The van der Waals surface area contributed by atoms with Gasteiger partial charge in [-0.3, -0.25) is 0 Å². The molecule has 1 fully saturated rings. The van der Waals surface area contributed by atoms with E-state index in [1.165, 1.54) is 6.07 Å². The third kappa shape index (κ3) is 3.33. The SMILES string of the molecule is Fc1cccc(Cl)c1NCc1noc(C2CCOCC2)n1. The molecule has 0 amide bonds. The summed E-state index contributed by atoms with van der Waals surface area (Å²) in [5.41, 5.74) is 0.247. The number of ether oxygens (including phenoxy) is 1. The molecule has 2 heterocycles. The molecule has 1 N–H and O–H groups in total. The first-order valence-electron chi connectivity index (χ1n) is 6.82. The largest absolute Gasteiger partial charge is 0.381 e. The molecule has 0 atom stereocenters. The summed E-state index contributed by atoms with van der Waals surface area (Å²) < 4.78 is 24.2. The lowest BCUT2D eigenvalue weighted by Crippen LogP contribution is -2.14. The van der Waals surface area contributed by atoms with Crippen LogP contribution in [0.3, 0.4) is 0 Å². The Kier molecular flexibility index (Phi) is 4.36. The molecule has 0 spiro atoms. The van der Waals surface area contributed by atoms with E-state index in [-0.39, 0.29) is 18.2 Å². The van der Waals surface area contributed by atoms with Crippen LogP contribution in [0, 0.1) is 5.82 Å². The smallest absolute Gasteiger partial charge is 0.229 e. The van der Waals surface area contributed by atoms with E-state index in [0.717, 1.165) is 12.8 Å². The number of hydrogen-bond acceptors (Lipinski definition) is 5. The summed E-state index contributed by atoms with van der Waals surface area (Å²) in [6.45, 7) is 1.68. The van der Waals surface area contributed by atoms with Crippen LogP contribution in [0.2, 0.25) is 5.02 Å². The van der Waals surface area contributed by atoms with Crippen molar-refractivity contribution in [2.24, 2.45) is 0 Å². The molecule has 1 aliphatic heterocycles. The minimum Gasteiger partial charge on any atom is -0.381 e. The molecule has 3 rings (SSSR count). The molecule has 1 saturated heterocycles. The number of hydrogen-bond donors (Lipinski definition) is 1. The molecule has 2 aromatic rings. The third-order valence-corrected chi connectivity index (χ3v) is 3.76. The fourth-order valence-corrected chi connectivity index (χ4v) is 2.51. The van der Waals surface area contributed by atoms with E-state index in [1.54, 1.807) is 12.1 Å². The highest BCUT2D eigenvalue weighted by molar-refractivity contribution is 6.33. The summed E-state index contributed by atoms with van der Waals surface area (Å²) in [5.74, 6) is 0.943. The van der Waals surface area contributed by atoms with Gasteiger partial charge in [-0.05, 0) is 25.0 Å². The number of rotatable bonds is 4. The quantitative estimate of drug-likeness (QED) is 0.938. The van der Waals surface area contributed by atoms with Crippen molar-refractivity contribution < 1.29 is 13.7 Å². The molecule has 0 radical (unpaired) electrons. The summed E-state index contributed by atoms with van der Waals surface area (Å²) >= 11 is 5.94. The van der Waals surface area contributed by atoms with Crippen LogP contribution in [0.15, 0.2) is 22.7 Å². The van der Waals surface area contributed by atoms with Crippen molar-refractivity contribution in [1.29, 1.82) is 0 Å². The van der Waals surface area contributed by atoms with E-state index in [9.17, 15) is 4.39 Å². The lowest BCUT2D eigenvalue weighted by Gasteiger charge is -2.17. The van der Waals surface area contributed by atoms with Crippen LogP contribution in [-0.2, 0) is 11.3 Å². The number of halogens is 2. The molecule has 21 heavy (non-hydrogen) atoms. The van der Waals surface area contributed by atoms with Crippen LogP contribution in [0.5, 0.6) is 0 Å². The topological polar surface area (TPSA) is 60.2 Å². The second kappa shape index (κ2) is 6.41. The summed E-state index contributed by atoms with van der Waals surface area (Å²) in [6, 6.07) is 4.52. The highest BCUT2D eigenvalue weighted by Gasteiger charge is 2.22. The first kappa shape index (κ1) is 14.3. The van der Waals surface area contributed by atoms with Crippen molar-refractivity contribution in [3.05, 3.63) is 40.8 Å². The number of nitrogens with zero attached hydrogens (tertiary/aromatic N) is 2. The second-order valence-corrected chi connectivity index (χ2v) is 5.29. The Bertz CT molecular complexity index is 594. The zero-order valence-corrected chi connectivity index (χ0v) is 12.1. The fourth-order valence-electron chi connectivity index (χ4n) is 2.28. The molecule has 0 bridgehead atoms. The fraction of sp³-hybridized carbons (Fsp3) is 0.429. The van der Waals surface area contributed by atoms with Crippen LogP contribution < -0.4 is 5.32 Å². The van der Waals surface area contributed by atoms with Crippen LogP contribution in [0.1, 0.15) is 30.5 Å². The standard InChI is InChI=1S/C14H15ClFN3O2/c15-10-2-1-3-11(16)13(10)17-8-12-18-14(21-19-12)9-4-6-20-7-5-9/h1-3,9,17H,4-8H2. The Balaban J connectivity index is 1.64. The van der Waals surface area contributed by atoms with Crippen LogP contribution >= 0.6 is 11.6 Å². The first-order valence-corrected chi connectivity index (χ1v) is 7.20. The summed E-state index contributed by atoms with van der Waals surface area (Å²) in [6.07, 6.45) is 1.77. The van der Waals surface area contributed by atoms with Gasteiger partial charge in [-0.2, -0.15) is 4.98 Å². The molecule has 0 saturated carbocycles. The average molecular weight is 312 g/mol. The Morgan fingerprint density at radius 1 is 1.33 bits per heavy atom. The molecule has 5 nitrogen and oxygen atoms in total. The minimum atomic E-state index is -0.407. The summed E-state index contributed by atoms with van der Waals surface area (Å²) in [4.78, 5) is 4.35. The number of anilines is 1. The Morgan fingerprint density at radius 2 is 2.14 bits per heavy atom. The van der Waals surface area contributed by atoms with E-state index in [2.05, 4.69) is 15.5 Å². The van der Waals surface area contributed by atoms with Gasteiger partial charge in [0.05, 0.1) is 17.3 Å². The van der Waals surface area contributed by atoms with Gasteiger partial charge in [-0.15, -0.1) is 0 Å². The van der Waals surface area contributed by atoms with Gasteiger partial charge in [0.1, 0.15) is 5.82 Å². The molecule has 0 unspecified atom stereocenters. The Hall–Kier alpha value is -1.66. The number of benzene rings is 1. The molecule has 1 aromatic heterocycles. The Labute approximate surface area is 126 Å². The number of para-hydroxylation sites is 1. The van der Waals surface area contributed by atoms with Gasteiger partial charge >= 0.3 is 0 Å². The molecular formula is C14H15ClFN3O2. The second-order valence-electron chi connectivity index (χ2n) is 4.89. The molecule has 112 valence electrons. The van der Waals surface area contributed by atoms with Gasteiger partial charge in [-0.1, -0.05) is 22.8 Å². The van der Waals surface area contributed by atoms with Crippen LogP contribution in [0.4, 0.5) is 10.1 Å². The summed E-state index contributed by atoms with van der Waals surface area (Å²) in [5, 5.41) is 7.13. The maximum Gasteiger partial charge on any atom is 0.229 e. The lowest BCUT2D eigenvalue weighted by atomic mass is 10.0. The normalized spacial score (nSPS) is 16.1. The van der Waals surface area contributed by atoms with Gasteiger partial charge in [-0.25, -0.2) is 4.39 Å². The van der Waals surface area contributed by atoms with E-state index in [0.29, 0.717) is 30.0 Å². The zero-order chi connectivity index (χ0) is 14.7. The maximum atomic E-state index is 13.6. The van der Waals surface area contributed by atoms with Crippen molar-refractivity contribution in [1.82, 2.24) is 10.1 Å². The van der Waals surface area contributed by atoms with E-state index in [4.69, 9.17) is 20.9 Å². The van der Waals surface area contributed by atoms with Gasteiger partial charge in [0, 0.05) is 19.1 Å². The highest BCUT2D eigenvalue weighted by Crippen LogP contribution is 2.27. The number of aromatic nitrogens is 2. The highest BCUT2D eigenvalue weighted by atomic mass is 35.5. The molecule has 7 heteroatoms. The van der Waals surface area contributed by atoms with E-state index < -0.39 is 5.82 Å². The van der Waals surface area contributed by atoms with Gasteiger partial charge in [0.15, 0.2) is 5.82 Å². The molecule has 1 aliphatic rings. The molecule has 0 aliphatic carbocycles. The van der Waals surface area contributed by atoms with Crippen LogP contribution in [0.25, 0.3) is 0 Å².